The molecule has 0 unspecified atom stereocenters. The van der Waals surface area contributed by atoms with Gasteiger partial charge in [-0.05, 0) is 34.2 Å². The van der Waals surface area contributed by atoms with Gasteiger partial charge in [0.2, 0.25) is 0 Å². The summed E-state index contributed by atoms with van der Waals surface area (Å²) >= 11 is 8.42. The monoisotopic (exact) mass is 322 g/mol. The van der Waals surface area contributed by atoms with Gasteiger partial charge < -0.3 is 5.11 Å². The lowest BCUT2D eigenvalue weighted by molar-refractivity contribution is 0.279. The Morgan fingerprint density at radius 2 is 2.23 bits per heavy atom. The number of aliphatic hydroxyl groups excluding tert-OH is 1. The fraction of sp³-hybridized carbons (Fsp3) is 0.111. The molecule has 1 aromatic carbocycles. The van der Waals surface area contributed by atoms with Gasteiger partial charge in [-0.2, -0.15) is 0 Å². The molecule has 0 radical (unpaired) electrons. The smallest absolute Gasteiger partial charge is 0.0692 e. The van der Waals surface area contributed by atoms with Crippen molar-refractivity contribution >= 4 is 56.6 Å². The predicted octanol–water partition coefficient (Wildman–Crippen LogP) is 3.29. The Labute approximate surface area is 99.3 Å². The molecule has 68 valence electrons. The number of hydrogen-bond acceptors (Lipinski definition) is 3. The first-order valence-corrected chi connectivity index (χ1v) is 6.13. The number of benzene rings is 1. The molecule has 4 heteroatoms. The zero-order chi connectivity index (χ0) is 9.42. The number of halogens is 1. The van der Waals surface area contributed by atoms with Crippen LogP contribution in [0.2, 0.25) is 0 Å². The van der Waals surface area contributed by atoms with Gasteiger partial charge in [0, 0.05) is 23.9 Å². The molecule has 0 amide bonds. The fourth-order valence-electron chi connectivity index (χ4n) is 1.25. The van der Waals surface area contributed by atoms with Crippen LogP contribution in [0.5, 0.6) is 0 Å². The Morgan fingerprint density at radius 3 is 2.92 bits per heavy atom. The van der Waals surface area contributed by atoms with E-state index in [2.05, 4.69) is 40.6 Å². The van der Waals surface area contributed by atoms with Crippen LogP contribution >= 0.6 is 46.6 Å². The summed E-state index contributed by atoms with van der Waals surface area (Å²) in [6.07, 6.45) is 0. The van der Waals surface area contributed by atoms with E-state index in [4.69, 9.17) is 5.11 Å². The first-order valence-electron chi connectivity index (χ1n) is 3.72. The second-order valence-corrected chi connectivity index (χ2v) is 5.21. The third-order valence-corrected chi connectivity index (χ3v) is 4.65. The molecule has 0 fully saturated rings. The lowest BCUT2D eigenvalue weighted by Gasteiger charge is -2.02. The van der Waals surface area contributed by atoms with Crippen molar-refractivity contribution in [3.05, 3.63) is 26.6 Å². The van der Waals surface area contributed by atoms with Crippen molar-refractivity contribution in [2.24, 2.45) is 0 Å². The highest BCUT2D eigenvalue weighted by atomic mass is 127. The highest BCUT2D eigenvalue weighted by molar-refractivity contribution is 14.1. The quantitative estimate of drug-likeness (QED) is 0.610. The van der Waals surface area contributed by atoms with E-state index in [0.717, 1.165) is 10.5 Å². The van der Waals surface area contributed by atoms with Gasteiger partial charge in [0.25, 0.3) is 0 Å². The van der Waals surface area contributed by atoms with Crippen LogP contribution in [0.3, 0.4) is 0 Å². The van der Waals surface area contributed by atoms with Crippen molar-refractivity contribution < 1.29 is 5.11 Å². The van der Waals surface area contributed by atoms with Crippen LogP contribution in [0.4, 0.5) is 0 Å². The molecule has 1 N–H and O–H groups in total. The van der Waals surface area contributed by atoms with Gasteiger partial charge in [-0.1, -0.05) is 6.07 Å². The van der Waals surface area contributed by atoms with E-state index in [0.29, 0.717) is 0 Å². The van der Waals surface area contributed by atoms with E-state index < -0.39 is 0 Å². The number of thiophene rings is 1. The normalized spacial score (nSPS) is 11.0. The topological polar surface area (TPSA) is 20.2 Å². The number of fused-ring (bicyclic) bond motifs is 1. The molecule has 1 aromatic heterocycles. The van der Waals surface area contributed by atoms with Crippen LogP contribution < -0.4 is 0 Å². The fourth-order valence-corrected chi connectivity index (χ4v) is 3.87. The lowest BCUT2D eigenvalue weighted by Crippen LogP contribution is -1.85. The maximum atomic E-state index is 9.06. The molecule has 0 saturated carbocycles. The maximum absolute atomic E-state index is 9.06. The third kappa shape index (κ3) is 1.60. The summed E-state index contributed by atoms with van der Waals surface area (Å²) in [6.45, 7) is 0.0562. The van der Waals surface area contributed by atoms with Crippen LogP contribution in [0.1, 0.15) is 5.56 Å². The average molecular weight is 322 g/mol. The van der Waals surface area contributed by atoms with Crippen molar-refractivity contribution in [2.75, 3.05) is 0 Å². The molecule has 0 spiro atoms. The Kier molecular flexibility index (Phi) is 2.83. The van der Waals surface area contributed by atoms with E-state index in [1.807, 2.05) is 12.1 Å². The third-order valence-electron chi connectivity index (χ3n) is 1.92. The van der Waals surface area contributed by atoms with Gasteiger partial charge in [0.05, 0.1) is 6.61 Å². The number of hydrogen-bond donors (Lipinski definition) is 2. The largest absolute Gasteiger partial charge is 0.392 e. The average Bonchev–Trinajstić information content (AvgIpc) is 2.49. The first-order chi connectivity index (χ1) is 6.24. The summed E-state index contributed by atoms with van der Waals surface area (Å²) in [5.74, 6) is 0. The number of thiol groups is 1. The maximum Gasteiger partial charge on any atom is 0.0692 e. The zero-order valence-corrected chi connectivity index (χ0v) is 10.5. The second-order valence-electron chi connectivity index (χ2n) is 2.69. The van der Waals surface area contributed by atoms with Gasteiger partial charge in [-0.25, -0.2) is 0 Å². The van der Waals surface area contributed by atoms with E-state index in [-0.39, 0.29) is 6.61 Å². The van der Waals surface area contributed by atoms with Crippen molar-refractivity contribution in [3.8, 4) is 0 Å². The van der Waals surface area contributed by atoms with Crippen molar-refractivity contribution in [2.45, 2.75) is 11.5 Å². The number of rotatable bonds is 1. The first kappa shape index (κ1) is 9.76. The molecular weight excluding hydrogens is 315 g/mol. The van der Waals surface area contributed by atoms with Gasteiger partial charge >= 0.3 is 0 Å². The molecule has 2 rings (SSSR count). The summed E-state index contributed by atoms with van der Waals surface area (Å²) in [7, 11) is 0. The van der Waals surface area contributed by atoms with Crippen molar-refractivity contribution in [3.63, 3.8) is 0 Å². The second kappa shape index (κ2) is 3.76. The minimum Gasteiger partial charge on any atom is -0.392 e. The minimum absolute atomic E-state index is 0.0562. The highest BCUT2D eigenvalue weighted by Gasteiger charge is 2.07. The Morgan fingerprint density at radius 1 is 1.46 bits per heavy atom. The SMILES string of the molecule is OCc1ccc2scc(I)c2c1S. The van der Waals surface area contributed by atoms with E-state index in [1.54, 1.807) is 11.3 Å². The van der Waals surface area contributed by atoms with Crippen molar-refractivity contribution in [1.82, 2.24) is 0 Å². The summed E-state index contributed by atoms with van der Waals surface area (Å²) < 4.78 is 2.43. The van der Waals surface area contributed by atoms with E-state index >= 15 is 0 Å². The molecule has 0 atom stereocenters. The van der Waals surface area contributed by atoms with Gasteiger partial charge in [0.15, 0.2) is 0 Å². The molecule has 0 saturated heterocycles. The predicted molar refractivity (Wildman–Crippen MR) is 67.7 cm³/mol. The number of aliphatic hydroxyl groups is 1. The molecule has 0 bridgehead atoms. The molecule has 0 aliphatic heterocycles. The Hall–Kier alpha value is 0.220. The summed E-state index contributed by atoms with van der Waals surface area (Å²) in [6, 6.07) is 3.96. The molecule has 0 aliphatic carbocycles. The van der Waals surface area contributed by atoms with E-state index in [9.17, 15) is 0 Å². The van der Waals surface area contributed by atoms with Gasteiger partial charge in [-0.15, -0.1) is 24.0 Å². The van der Waals surface area contributed by atoms with Crippen LogP contribution in [-0.4, -0.2) is 5.11 Å². The van der Waals surface area contributed by atoms with Crippen LogP contribution in [0.25, 0.3) is 10.1 Å². The van der Waals surface area contributed by atoms with E-state index in [1.165, 1.54) is 13.7 Å². The summed E-state index contributed by atoms with van der Waals surface area (Å²) in [4.78, 5) is 0.908. The Bertz CT molecular complexity index is 450. The highest BCUT2D eigenvalue weighted by Crippen LogP contribution is 2.34. The summed E-state index contributed by atoms with van der Waals surface area (Å²) in [5.41, 5.74) is 0.896. The van der Waals surface area contributed by atoms with Gasteiger partial charge in [-0.3, -0.25) is 0 Å². The molecule has 0 aliphatic rings. The van der Waals surface area contributed by atoms with Gasteiger partial charge in [0.1, 0.15) is 0 Å². The summed E-state index contributed by atoms with van der Waals surface area (Å²) in [5, 5.41) is 12.3. The van der Waals surface area contributed by atoms with Crippen LogP contribution in [0, 0.1) is 3.57 Å². The molecule has 1 heterocycles. The molecular formula is C9H7IOS2. The van der Waals surface area contributed by atoms with Crippen LogP contribution in [0.15, 0.2) is 22.4 Å². The van der Waals surface area contributed by atoms with Crippen molar-refractivity contribution in [1.29, 1.82) is 0 Å². The molecule has 1 nitrogen and oxygen atoms in total. The molecule has 13 heavy (non-hydrogen) atoms. The lowest BCUT2D eigenvalue weighted by atomic mass is 10.2. The van der Waals surface area contributed by atoms with Crippen LogP contribution in [-0.2, 0) is 6.61 Å². The Balaban J connectivity index is 2.83. The standard InChI is InChI=1S/C9H7IOS2/c10-6-4-13-7-2-1-5(3-11)9(12)8(6)7/h1-2,4,11-12H,3H2. The minimum atomic E-state index is 0.0562. The zero-order valence-electron chi connectivity index (χ0n) is 6.62. The molecule has 2 aromatic rings.